The van der Waals surface area contributed by atoms with E-state index in [1.165, 1.54) is 26.0 Å². The Bertz CT molecular complexity index is 845. The van der Waals surface area contributed by atoms with Crippen LogP contribution in [-0.4, -0.2) is 72.5 Å². The van der Waals surface area contributed by atoms with Crippen molar-refractivity contribution < 1.29 is 14.3 Å². The molecule has 0 unspecified atom stereocenters. The summed E-state index contributed by atoms with van der Waals surface area (Å²) < 4.78 is 5.20. The minimum absolute atomic E-state index is 0.112. The molecule has 0 atom stereocenters. The molecule has 3 heterocycles. The molecule has 3 aliphatic rings. The summed E-state index contributed by atoms with van der Waals surface area (Å²) in [6.45, 7) is 4.82. The standard InChI is InChI=1S/C24H36ClN5O3/c1-33-23-19(14-20(25)21(26)28-23)22(31)27-18-8-10-29(11-9-18)15-16-6-12-30(13-7-16)24(32)17-4-2-3-5-17/h14,16-18H,2-13,15H2,1H3,(H2,26,28)(H,27,31). The van der Waals surface area contributed by atoms with Crippen LogP contribution in [0.15, 0.2) is 6.07 Å². The number of ether oxygens (including phenoxy) is 1. The number of amides is 2. The number of hydrogen-bond donors (Lipinski definition) is 2. The lowest BCUT2D eigenvalue weighted by molar-refractivity contribution is -0.136. The number of hydrogen-bond acceptors (Lipinski definition) is 6. The number of nitrogen functional groups attached to an aromatic ring is 1. The first-order valence-corrected chi connectivity index (χ1v) is 12.6. The van der Waals surface area contributed by atoms with E-state index < -0.39 is 0 Å². The molecule has 1 aromatic rings. The van der Waals surface area contributed by atoms with Gasteiger partial charge in [0.15, 0.2) is 0 Å². The van der Waals surface area contributed by atoms with Crippen LogP contribution in [0.25, 0.3) is 0 Å². The first kappa shape index (κ1) is 24.1. The normalized spacial score (nSPS) is 21.3. The number of piperidine rings is 2. The van der Waals surface area contributed by atoms with Crippen LogP contribution in [0.1, 0.15) is 61.7 Å². The van der Waals surface area contributed by atoms with E-state index in [4.69, 9.17) is 22.1 Å². The molecule has 9 heteroatoms. The topological polar surface area (TPSA) is 101 Å². The molecule has 2 aliphatic heterocycles. The lowest BCUT2D eigenvalue weighted by Gasteiger charge is -2.38. The second-order valence-corrected chi connectivity index (χ2v) is 10.1. The zero-order valence-electron chi connectivity index (χ0n) is 19.5. The number of likely N-dealkylation sites (tertiary alicyclic amines) is 2. The smallest absolute Gasteiger partial charge is 0.257 e. The Morgan fingerprint density at radius 2 is 1.79 bits per heavy atom. The van der Waals surface area contributed by atoms with Crippen molar-refractivity contribution in [2.75, 3.05) is 45.6 Å². The summed E-state index contributed by atoms with van der Waals surface area (Å²) in [5.74, 6) is 1.43. The molecule has 182 valence electrons. The second-order valence-electron chi connectivity index (χ2n) is 9.71. The molecule has 1 saturated carbocycles. The highest BCUT2D eigenvalue weighted by atomic mass is 35.5. The molecule has 2 saturated heterocycles. The third-order valence-corrected chi connectivity index (χ3v) is 7.78. The van der Waals surface area contributed by atoms with Crippen molar-refractivity contribution in [3.05, 3.63) is 16.7 Å². The highest BCUT2D eigenvalue weighted by molar-refractivity contribution is 6.33. The largest absolute Gasteiger partial charge is 0.480 e. The number of halogens is 1. The number of carbonyl (C=O) groups excluding carboxylic acids is 2. The fourth-order valence-corrected chi connectivity index (χ4v) is 5.61. The number of nitrogens with two attached hydrogens (primary N) is 1. The zero-order valence-corrected chi connectivity index (χ0v) is 20.3. The highest BCUT2D eigenvalue weighted by Gasteiger charge is 2.31. The molecular formula is C24H36ClN5O3. The number of anilines is 1. The fraction of sp³-hybridized carbons (Fsp3) is 0.708. The number of rotatable bonds is 6. The predicted molar refractivity (Wildman–Crippen MR) is 128 cm³/mol. The van der Waals surface area contributed by atoms with Crippen molar-refractivity contribution in [1.82, 2.24) is 20.1 Å². The molecule has 1 aliphatic carbocycles. The van der Waals surface area contributed by atoms with Gasteiger partial charge in [-0.25, -0.2) is 0 Å². The predicted octanol–water partition coefficient (Wildman–Crippen LogP) is 2.95. The van der Waals surface area contributed by atoms with Gasteiger partial charge in [0, 0.05) is 44.7 Å². The molecule has 3 fully saturated rings. The number of pyridine rings is 1. The van der Waals surface area contributed by atoms with Gasteiger partial charge in [-0.05, 0) is 50.5 Å². The van der Waals surface area contributed by atoms with Gasteiger partial charge in [0.2, 0.25) is 11.8 Å². The first-order chi connectivity index (χ1) is 15.9. The third-order valence-electron chi connectivity index (χ3n) is 7.48. The van der Waals surface area contributed by atoms with Gasteiger partial charge in [0.1, 0.15) is 11.4 Å². The van der Waals surface area contributed by atoms with Crippen molar-refractivity contribution in [1.29, 1.82) is 0 Å². The summed E-state index contributed by atoms with van der Waals surface area (Å²) in [6, 6.07) is 1.62. The maximum absolute atomic E-state index is 12.8. The van der Waals surface area contributed by atoms with E-state index in [0.717, 1.165) is 71.2 Å². The molecular weight excluding hydrogens is 442 g/mol. The summed E-state index contributed by atoms with van der Waals surface area (Å²) >= 11 is 6.05. The quantitative estimate of drug-likeness (QED) is 0.653. The van der Waals surface area contributed by atoms with Crippen LogP contribution < -0.4 is 15.8 Å². The van der Waals surface area contributed by atoms with E-state index in [2.05, 4.69) is 20.1 Å². The van der Waals surface area contributed by atoms with Crippen molar-refractivity contribution in [3.63, 3.8) is 0 Å². The Labute approximate surface area is 201 Å². The maximum Gasteiger partial charge on any atom is 0.257 e. The summed E-state index contributed by atoms with van der Waals surface area (Å²) in [5, 5.41) is 3.34. The van der Waals surface area contributed by atoms with E-state index in [-0.39, 0.29) is 34.6 Å². The molecule has 0 spiro atoms. The van der Waals surface area contributed by atoms with Crippen LogP contribution in [0.4, 0.5) is 5.82 Å². The van der Waals surface area contributed by atoms with Gasteiger partial charge in [0.25, 0.3) is 5.91 Å². The minimum atomic E-state index is -0.237. The maximum atomic E-state index is 12.8. The molecule has 0 radical (unpaired) electrons. The first-order valence-electron chi connectivity index (χ1n) is 12.3. The van der Waals surface area contributed by atoms with Crippen molar-refractivity contribution >= 4 is 29.2 Å². The fourth-order valence-electron chi connectivity index (χ4n) is 5.46. The number of methoxy groups -OCH3 is 1. The van der Waals surface area contributed by atoms with E-state index in [1.54, 1.807) is 0 Å². The summed E-state index contributed by atoms with van der Waals surface area (Å²) in [5.41, 5.74) is 6.02. The number of nitrogens with zero attached hydrogens (tertiary/aromatic N) is 3. The average molecular weight is 478 g/mol. The van der Waals surface area contributed by atoms with E-state index >= 15 is 0 Å². The molecule has 1 aromatic heterocycles. The Morgan fingerprint density at radius 1 is 1.12 bits per heavy atom. The van der Waals surface area contributed by atoms with Gasteiger partial charge in [0.05, 0.1) is 12.1 Å². The third kappa shape index (κ3) is 5.90. The van der Waals surface area contributed by atoms with E-state index in [0.29, 0.717) is 17.4 Å². The van der Waals surface area contributed by atoms with Crippen LogP contribution >= 0.6 is 11.6 Å². The van der Waals surface area contributed by atoms with Crippen LogP contribution in [-0.2, 0) is 4.79 Å². The highest BCUT2D eigenvalue weighted by Crippen LogP contribution is 2.29. The second kappa shape index (κ2) is 10.9. The molecule has 33 heavy (non-hydrogen) atoms. The summed E-state index contributed by atoms with van der Waals surface area (Å²) in [4.78, 5) is 34.1. The number of aromatic nitrogens is 1. The van der Waals surface area contributed by atoms with Gasteiger partial charge in [-0.15, -0.1) is 0 Å². The van der Waals surface area contributed by atoms with Gasteiger partial charge >= 0.3 is 0 Å². The Morgan fingerprint density at radius 3 is 2.42 bits per heavy atom. The SMILES string of the molecule is COc1nc(N)c(Cl)cc1C(=O)NC1CCN(CC2CCN(C(=O)C3CCCC3)CC2)CC1. The van der Waals surface area contributed by atoms with Crippen molar-refractivity contribution in [2.24, 2.45) is 11.8 Å². The van der Waals surface area contributed by atoms with Crippen LogP contribution in [0.2, 0.25) is 5.02 Å². The molecule has 4 rings (SSSR count). The van der Waals surface area contributed by atoms with Crippen LogP contribution in [0.3, 0.4) is 0 Å². The van der Waals surface area contributed by atoms with Gasteiger partial charge < -0.3 is 25.6 Å². The van der Waals surface area contributed by atoms with Crippen molar-refractivity contribution in [3.8, 4) is 5.88 Å². The van der Waals surface area contributed by atoms with E-state index in [9.17, 15) is 9.59 Å². The van der Waals surface area contributed by atoms with Gasteiger partial charge in [-0.1, -0.05) is 24.4 Å². The minimum Gasteiger partial charge on any atom is -0.480 e. The van der Waals surface area contributed by atoms with E-state index in [1.807, 2.05) is 0 Å². The Kier molecular flexibility index (Phi) is 7.96. The molecule has 8 nitrogen and oxygen atoms in total. The lowest BCUT2D eigenvalue weighted by atomic mass is 9.93. The monoisotopic (exact) mass is 477 g/mol. The zero-order chi connectivity index (χ0) is 23.4. The number of nitrogens with one attached hydrogen (secondary N) is 1. The number of carbonyl (C=O) groups is 2. The van der Waals surface area contributed by atoms with Gasteiger partial charge in [-0.3, -0.25) is 9.59 Å². The lowest BCUT2D eigenvalue weighted by Crippen LogP contribution is -2.47. The average Bonchev–Trinajstić information content (AvgIpc) is 3.37. The molecule has 0 aromatic carbocycles. The van der Waals surface area contributed by atoms with Gasteiger partial charge in [-0.2, -0.15) is 4.98 Å². The summed E-state index contributed by atoms with van der Waals surface area (Å²) in [7, 11) is 1.46. The molecule has 0 bridgehead atoms. The van der Waals surface area contributed by atoms with Crippen LogP contribution in [0, 0.1) is 11.8 Å². The summed E-state index contributed by atoms with van der Waals surface area (Å²) in [6.07, 6.45) is 8.59. The molecule has 2 amide bonds. The molecule has 3 N–H and O–H groups in total. The van der Waals surface area contributed by atoms with Crippen molar-refractivity contribution in [2.45, 2.75) is 57.4 Å². The Balaban J connectivity index is 1.19. The van der Waals surface area contributed by atoms with Crippen LogP contribution in [0.5, 0.6) is 5.88 Å². The Hall–Kier alpha value is -2.06.